The first kappa shape index (κ1) is 15.0. The summed E-state index contributed by atoms with van der Waals surface area (Å²) >= 11 is 0. The summed E-state index contributed by atoms with van der Waals surface area (Å²) in [5.74, 6) is -0.706. The number of nitro groups is 2. The minimum atomic E-state index is -0.793. The highest BCUT2D eigenvalue weighted by atomic mass is 16.6. The van der Waals surface area contributed by atoms with Crippen molar-refractivity contribution in [1.29, 1.82) is 0 Å². The van der Waals surface area contributed by atoms with E-state index in [0.29, 0.717) is 0 Å². The third kappa shape index (κ3) is 3.48. The molecule has 0 bridgehead atoms. The number of benzene rings is 1. The maximum Gasteiger partial charge on any atom is 0.353 e. The molecule has 106 valence electrons. The summed E-state index contributed by atoms with van der Waals surface area (Å²) in [4.78, 5) is 30.9. The van der Waals surface area contributed by atoms with Gasteiger partial charge >= 0.3 is 11.7 Å². The molecule has 0 aromatic heterocycles. The summed E-state index contributed by atoms with van der Waals surface area (Å²) in [5, 5.41) is 25.0. The number of hydrogen-bond acceptors (Lipinski definition) is 8. The summed E-state index contributed by atoms with van der Waals surface area (Å²) in [7, 11) is 1.16. The van der Waals surface area contributed by atoms with E-state index in [2.05, 4.69) is 15.3 Å². The molecule has 0 saturated heterocycles. The van der Waals surface area contributed by atoms with Gasteiger partial charge in [0.1, 0.15) is 11.4 Å². The van der Waals surface area contributed by atoms with E-state index < -0.39 is 27.2 Å². The van der Waals surface area contributed by atoms with E-state index in [0.717, 1.165) is 25.3 Å². The molecule has 10 nitrogen and oxygen atoms in total. The van der Waals surface area contributed by atoms with Gasteiger partial charge in [-0.2, -0.15) is 5.10 Å². The molecule has 0 atom stereocenters. The van der Waals surface area contributed by atoms with Crippen LogP contribution in [-0.2, 0) is 9.53 Å². The molecule has 0 unspecified atom stereocenters. The number of hydrogen-bond donors (Lipinski definition) is 1. The first-order valence-corrected chi connectivity index (χ1v) is 5.18. The van der Waals surface area contributed by atoms with Crippen LogP contribution in [0.3, 0.4) is 0 Å². The monoisotopic (exact) mass is 282 g/mol. The standard InChI is InChI=1S/C10H10N4O6/c1-6(10(15)20-2)11-12-8-4-3-7(13(16)17)5-9(8)14(18)19/h3-5,12H,1-2H3/b11-6-. The van der Waals surface area contributed by atoms with Crippen molar-refractivity contribution in [3.05, 3.63) is 38.4 Å². The Labute approximate surface area is 112 Å². The Morgan fingerprint density at radius 3 is 2.45 bits per heavy atom. The lowest BCUT2D eigenvalue weighted by Gasteiger charge is -2.03. The molecule has 0 spiro atoms. The molecule has 1 N–H and O–H groups in total. The van der Waals surface area contributed by atoms with Gasteiger partial charge in [0.05, 0.1) is 23.0 Å². The third-order valence-corrected chi connectivity index (χ3v) is 2.21. The number of nitrogens with one attached hydrogen (secondary N) is 1. The number of non-ortho nitro benzene ring substituents is 1. The number of carbonyl (C=O) groups is 1. The van der Waals surface area contributed by atoms with E-state index in [4.69, 9.17) is 0 Å². The van der Waals surface area contributed by atoms with Crippen molar-refractivity contribution in [2.75, 3.05) is 12.5 Å². The number of nitro benzene ring substituents is 2. The smallest absolute Gasteiger partial charge is 0.353 e. The average Bonchev–Trinajstić information content (AvgIpc) is 2.43. The molecule has 0 heterocycles. The second kappa shape index (κ2) is 6.22. The van der Waals surface area contributed by atoms with Gasteiger partial charge in [0.2, 0.25) is 0 Å². The average molecular weight is 282 g/mol. The number of esters is 1. The zero-order valence-electron chi connectivity index (χ0n) is 10.5. The SMILES string of the molecule is COC(=O)/C(C)=N\Nc1ccc([N+](=O)[O-])cc1[N+](=O)[O-]. The predicted molar refractivity (Wildman–Crippen MR) is 68.5 cm³/mol. The van der Waals surface area contributed by atoms with Crippen LogP contribution in [0.1, 0.15) is 6.92 Å². The number of hydrazone groups is 1. The minimum absolute atomic E-state index is 0.0554. The second-order valence-corrected chi connectivity index (χ2v) is 3.52. The van der Waals surface area contributed by atoms with Crippen molar-refractivity contribution in [1.82, 2.24) is 0 Å². The fourth-order valence-electron chi connectivity index (χ4n) is 1.22. The normalized spacial score (nSPS) is 10.8. The van der Waals surface area contributed by atoms with Gasteiger partial charge in [-0.1, -0.05) is 0 Å². The molecule has 0 saturated carbocycles. The summed E-state index contributed by atoms with van der Waals surface area (Å²) in [6.07, 6.45) is 0. The molecule has 0 amide bonds. The van der Waals surface area contributed by atoms with Crippen LogP contribution in [0.2, 0.25) is 0 Å². The van der Waals surface area contributed by atoms with Crippen molar-refractivity contribution in [2.24, 2.45) is 5.10 Å². The summed E-state index contributed by atoms with van der Waals surface area (Å²) in [5.41, 5.74) is 1.22. The minimum Gasteiger partial charge on any atom is -0.464 e. The molecule has 0 aliphatic carbocycles. The maximum atomic E-state index is 11.1. The van der Waals surface area contributed by atoms with Gasteiger partial charge in [-0.05, 0) is 13.0 Å². The van der Waals surface area contributed by atoms with Crippen molar-refractivity contribution in [3.8, 4) is 0 Å². The number of nitrogens with zero attached hydrogens (tertiary/aromatic N) is 3. The zero-order chi connectivity index (χ0) is 15.3. The van der Waals surface area contributed by atoms with E-state index in [1.54, 1.807) is 0 Å². The van der Waals surface area contributed by atoms with E-state index in [1.165, 1.54) is 6.92 Å². The largest absolute Gasteiger partial charge is 0.464 e. The van der Waals surface area contributed by atoms with E-state index >= 15 is 0 Å². The van der Waals surface area contributed by atoms with Crippen LogP contribution in [0.25, 0.3) is 0 Å². The van der Waals surface area contributed by atoms with Crippen LogP contribution >= 0.6 is 0 Å². The number of anilines is 1. The van der Waals surface area contributed by atoms with Crippen LogP contribution in [0, 0.1) is 20.2 Å². The molecule has 0 radical (unpaired) electrons. The van der Waals surface area contributed by atoms with Gasteiger partial charge in [-0.3, -0.25) is 25.7 Å². The number of carbonyl (C=O) groups excluding carboxylic acids is 1. The number of methoxy groups -OCH3 is 1. The highest BCUT2D eigenvalue weighted by molar-refractivity contribution is 6.35. The van der Waals surface area contributed by atoms with Crippen LogP contribution in [0.5, 0.6) is 0 Å². The second-order valence-electron chi connectivity index (χ2n) is 3.52. The Bertz CT molecular complexity index is 597. The Hall–Kier alpha value is -3.04. The molecule has 1 aromatic rings. The predicted octanol–water partition coefficient (Wildman–Crippen LogP) is 1.46. The number of ether oxygens (including phenoxy) is 1. The van der Waals surface area contributed by atoms with Gasteiger partial charge in [0.15, 0.2) is 0 Å². The van der Waals surface area contributed by atoms with Gasteiger partial charge < -0.3 is 4.74 Å². The van der Waals surface area contributed by atoms with Gasteiger partial charge in [-0.25, -0.2) is 4.79 Å². The summed E-state index contributed by atoms with van der Waals surface area (Å²) in [6, 6.07) is 3.01. The lowest BCUT2D eigenvalue weighted by molar-refractivity contribution is -0.393. The summed E-state index contributed by atoms with van der Waals surface area (Å²) in [6.45, 7) is 1.34. The van der Waals surface area contributed by atoms with Crippen molar-refractivity contribution >= 4 is 28.7 Å². The van der Waals surface area contributed by atoms with Crippen LogP contribution < -0.4 is 5.43 Å². The fraction of sp³-hybridized carbons (Fsp3) is 0.200. The Balaban J connectivity index is 3.10. The van der Waals surface area contributed by atoms with Crippen molar-refractivity contribution in [2.45, 2.75) is 6.92 Å². The quantitative estimate of drug-likeness (QED) is 0.373. The Kier molecular flexibility index (Phi) is 4.67. The van der Waals surface area contributed by atoms with Crippen LogP contribution in [0.4, 0.5) is 17.1 Å². The van der Waals surface area contributed by atoms with Crippen LogP contribution in [0.15, 0.2) is 23.3 Å². The van der Waals surface area contributed by atoms with Gasteiger partial charge in [-0.15, -0.1) is 0 Å². The molecule has 1 rings (SSSR count). The lowest BCUT2D eigenvalue weighted by Crippen LogP contribution is -2.13. The summed E-state index contributed by atoms with van der Waals surface area (Å²) < 4.78 is 4.40. The molecular weight excluding hydrogens is 272 g/mol. The van der Waals surface area contributed by atoms with Crippen LogP contribution in [-0.4, -0.2) is 28.6 Å². The molecule has 0 fully saturated rings. The third-order valence-electron chi connectivity index (χ3n) is 2.21. The van der Waals surface area contributed by atoms with Crippen molar-refractivity contribution in [3.63, 3.8) is 0 Å². The maximum absolute atomic E-state index is 11.1. The molecule has 0 aliphatic rings. The zero-order valence-corrected chi connectivity index (χ0v) is 10.5. The van der Waals surface area contributed by atoms with Crippen molar-refractivity contribution < 1.29 is 19.4 Å². The Morgan fingerprint density at radius 2 is 1.95 bits per heavy atom. The van der Waals surface area contributed by atoms with E-state index in [-0.39, 0.29) is 11.4 Å². The lowest BCUT2D eigenvalue weighted by atomic mass is 10.2. The highest BCUT2D eigenvalue weighted by Gasteiger charge is 2.19. The molecule has 20 heavy (non-hydrogen) atoms. The van der Waals surface area contributed by atoms with E-state index in [9.17, 15) is 25.0 Å². The fourth-order valence-corrected chi connectivity index (χ4v) is 1.22. The first-order valence-electron chi connectivity index (χ1n) is 5.18. The van der Waals surface area contributed by atoms with Gasteiger partial charge in [0, 0.05) is 6.07 Å². The topological polar surface area (TPSA) is 137 Å². The molecule has 10 heteroatoms. The molecule has 1 aromatic carbocycles. The molecule has 0 aliphatic heterocycles. The van der Waals surface area contributed by atoms with E-state index in [1.807, 2.05) is 0 Å². The Morgan fingerprint density at radius 1 is 1.30 bits per heavy atom. The number of rotatable bonds is 5. The highest BCUT2D eigenvalue weighted by Crippen LogP contribution is 2.28. The van der Waals surface area contributed by atoms with Gasteiger partial charge in [0.25, 0.3) is 5.69 Å². The first-order chi connectivity index (χ1) is 9.36. The molecular formula is C10H10N4O6.